The van der Waals surface area contributed by atoms with Crippen LogP contribution in [0.15, 0.2) is 24.3 Å². The quantitative estimate of drug-likeness (QED) is 0.931. The second kappa shape index (κ2) is 7.00. The number of aryl methyl sites for hydroxylation is 1. The van der Waals surface area contributed by atoms with E-state index in [4.69, 9.17) is 15.2 Å². The van der Waals surface area contributed by atoms with Crippen LogP contribution in [0.5, 0.6) is 5.75 Å². The maximum absolute atomic E-state index is 13.8. The van der Waals surface area contributed by atoms with E-state index in [0.29, 0.717) is 24.8 Å². The van der Waals surface area contributed by atoms with Gasteiger partial charge in [-0.05, 0) is 31.5 Å². The summed E-state index contributed by atoms with van der Waals surface area (Å²) in [4.78, 5) is 10.6. The first kappa shape index (κ1) is 16.4. The first-order valence-electron chi connectivity index (χ1n) is 7.87. The summed E-state index contributed by atoms with van der Waals surface area (Å²) in [7, 11) is 1.57. The summed E-state index contributed by atoms with van der Waals surface area (Å²) in [5, 5.41) is 0. The summed E-state index contributed by atoms with van der Waals surface area (Å²) < 4.78 is 25.0. The average molecular weight is 332 g/mol. The third-order valence-electron chi connectivity index (χ3n) is 4.04. The van der Waals surface area contributed by atoms with Crippen molar-refractivity contribution < 1.29 is 13.9 Å². The van der Waals surface area contributed by atoms with Gasteiger partial charge >= 0.3 is 0 Å². The van der Waals surface area contributed by atoms with E-state index in [1.54, 1.807) is 13.2 Å². The van der Waals surface area contributed by atoms with Crippen LogP contribution in [0.2, 0.25) is 0 Å². The molecule has 2 N–H and O–H groups in total. The number of anilines is 2. The SMILES string of the molecule is COc1ccc(F)cc1[C@@H]1COCCCN1c1cc(C)nc(N)n1. The first-order valence-corrected chi connectivity index (χ1v) is 7.87. The number of aromatic nitrogens is 2. The predicted molar refractivity (Wildman–Crippen MR) is 89.7 cm³/mol. The molecular weight excluding hydrogens is 311 g/mol. The molecule has 1 aromatic heterocycles. The molecule has 0 aliphatic carbocycles. The molecule has 1 aliphatic rings. The number of hydrogen-bond acceptors (Lipinski definition) is 6. The van der Waals surface area contributed by atoms with E-state index in [9.17, 15) is 4.39 Å². The van der Waals surface area contributed by atoms with Crippen molar-refractivity contribution in [3.05, 3.63) is 41.3 Å². The van der Waals surface area contributed by atoms with Crippen LogP contribution in [0.3, 0.4) is 0 Å². The van der Waals surface area contributed by atoms with Crippen molar-refractivity contribution in [3.63, 3.8) is 0 Å². The minimum Gasteiger partial charge on any atom is -0.496 e. The summed E-state index contributed by atoms with van der Waals surface area (Å²) >= 11 is 0. The maximum atomic E-state index is 13.8. The second-order valence-corrected chi connectivity index (χ2v) is 5.75. The number of nitrogen functional groups attached to an aromatic ring is 1. The van der Waals surface area contributed by atoms with Crippen molar-refractivity contribution in [3.8, 4) is 5.75 Å². The Labute approximate surface area is 140 Å². The smallest absolute Gasteiger partial charge is 0.222 e. The van der Waals surface area contributed by atoms with Gasteiger partial charge in [-0.15, -0.1) is 0 Å². The molecule has 0 bridgehead atoms. The summed E-state index contributed by atoms with van der Waals surface area (Å²) in [6.45, 7) is 3.65. The van der Waals surface area contributed by atoms with E-state index < -0.39 is 0 Å². The minimum absolute atomic E-state index is 0.216. The van der Waals surface area contributed by atoms with Crippen molar-refractivity contribution >= 4 is 11.8 Å². The monoisotopic (exact) mass is 332 g/mol. The van der Waals surface area contributed by atoms with Gasteiger partial charge in [0.15, 0.2) is 0 Å². The van der Waals surface area contributed by atoms with Crippen LogP contribution in [0.1, 0.15) is 23.7 Å². The molecule has 1 atom stereocenters. The van der Waals surface area contributed by atoms with Crippen LogP contribution in [-0.2, 0) is 4.74 Å². The lowest BCUT2D eigenvalue weighted by atomic mass is 10.0. The number of nitrogens with zero attached hydrogens (tertiary/aromatic N) is 3. The fourth-order valence-corrected chi connectivity index (χ4v) is 3.00. The van der Waals surface area contributed by atoms with Crippen LogP contribution in [-0.4, -0.2) is 36.8 Å². The lowest BCUT2D eigenvalue weighted by Crippen LogP contribution is -2.32. The standard InChI is InChI=1S/C17H21FN4O2/c1-11-8-16(21-17(19)20-11)22-6-3-7-24-10-14(22)13-9-12(18)4-5-15(13)23-2/h4-5,8-9,14H,3,6-7,10H2,1-2H3,(H2,19,20,21)/t14-/m0/s1. The normalized spacial score (nSPS) is 18.3. The van der Waals surface area contributed by atoms with E-state index in [-0.39, 0.29) is 17.8 Å². The zero-order chi connectivity index (χ0) is 17.1. The van der Waals surface area contributed by atoms with Gasteiger partial charge in [-0.25, -0.2) is 9.37 Å². The van der Waals surface area contributed by atoms with E-state index in [0.717, 1.165) is 24.2 Å². The largest absolute Gasteiger partial charge is 0.496 e. The van der Waals surface area contributed by atoms with Gasteiger partial charge < -0.3 is 20.1 Å². The molecule has 128 valence electrons. The molecule has 24 heavy (non-hydrogen) atoms. The Morgan fingerprint density at radius 2 is 2.17 bits per heavy atom. The number of halogens is 1. The highest BCUT2D eigenvalue weighted by molar-refractivity contribution is 5.49. The van der Waals surface area contributed by atoms with Crippen LogP contribution < -0.4 is 15.4 Å². The Morgan fingerprint density at radius 1 is 1.33 bits per heavy atom. The maximum Gasteiger partial charge on any atom is 0.222 e. The molecule has 0 radical (unpaired) electrons. The number of benzene rings is 1. The van der Waals surface area contributed by atoms with Crippen molar-refractivity contribution in [1.29, 1.82) is 0 Å². The molecule has 0 spiro atoms. The molecular formula is C17H21FN4O2. The summed E-state index contributed by atoms with van der Waals surface area (Å²) in [6.07, 6.45) is 0.844. The molecule has 6 nitrogen and oxygen atoms in total. The molecule has 1 aliphatic heterocycles. The molecule has 0 unspecified atom stereocenters. The highest BCUT2D eigenvalue weighted by atomic mass is 19.1. The van der Waals surface area contributed by atoms with E-state index >= 15 is 0 Å². The topological polar surface area (TPSA) is 73.5 Å². The minimum atomic E-state index is -0.312. The summed E-state index contributed by atoms with van der Waals surface area (Å²) in [5.41, 5.74) is 7.32. The average Bonchev–Trinajstić information content (AvgIpc) is 2.79. The predicted octanol–water partition coefficient (Wildman–Crippen LogP) is 2.48. The van der Waals surface area contributed by atoms with Gasteiger partial charge in [-0.1, -0.05) is 0 Å². The number of hydrogen-bond donors (Lipinski definition) is 1. The molecule has 2 heterocycles. The number of rotatable bonds is 3. The Kier molecular flexibility index (Phi) is 4.80. The number of methoxy groups -OCH3 is 1. The first-order chi connectivity index (χ1) is 11.6. The van der Waals surface area contributed by atoms with Gasteiger partial charge in [-0.2, -0.15) is 4.98 Å². The second-order valence-electron chi connectivity index (χ2n) is 5.75. The third kappa shape index (κ3) is 3.41. The summed E-state index contributed by atoms with van der Waals surface area (Å²) in [6, 6.07) is 6.17. The Bertz CT molecular complexity index is 705. The van der Waals surface area contributed by atoms with E-state index in [1.807, 2.05) is 13.0 Å². The molecule has 1 saturated heterocycles. The van der Waals surface area contributed by atoms with Crippen molar-refractivity contribution in [2.24, 2.45) is 0 Å². The van der Waals surface area contributed by atoms with Crippen molar-refractivity contribution in [2.45, 2.75) is 19.4 Å². The molecule has 0 amide bonds. The lowest BCUT2D eigenvalue weighted by Gasteiger charge is -2.31. The fourth-order valence-electron chi connectivity index (χ4n) is 3.00. The Balaban J connectivity index is 2.06. The van der Waals surface area contributed by atoms with Crippen molar-refractivity contribution in [2.75, 3.05) is 37.5 Å². The zero-order valence-electron chi connectivity index (χ0n) is 13.8. The van der Waals surface area contributed by atoms with Crippen molar-refractivity contribution in [1.82, 2.24) is 9.97 Å². The van der Waals surface area contributed by atoms with Gasteiger partial charge in [0.1, 0.15) is 17.4 Å². The van der Waals surface area contributed by atoms with Gasteiger partial charge in [0.25, 0.3) is 0 Å². The van der Waals surface area contributed by atoms with Crippen LogP contribution in [0.25, 0.3) is 0 Å². The molecule has 0 saturated carbocycles. The van der Waals surface area contributed by atoms with E-state index in [1.165, 1.54) is 12.1 Å². The molecule has 3 rings (SSSR count). The zero-order valence-corrected chi connectivity index (χ0v) is 13.8. The van der Waals surface area contributed by atoms with Crippen LogP contribution in [0, 0.1) is 12.7 Å². The highest BCUT2D eigenvalue weighted by Gasteiger charge is 2.28. The van der Waals surface area contributed by atoms with Gasteiger partial charge in [0, 0.05) is 30.5 Å². The molecule has 7 heteroatoms. The molecule has 2 aromatic rings. The fraction of sp³-hybridized carbons (Fsp3) is 0.412. The van der Waals surface area contributed by atoms with Gasteiger partial charge in [-0.3, -0.25) is 0 Å². The third-order valence-corrected chi connectivity index (χ3v) is 4.04. The number of nitrogens with two attached hydrogens (primary N) is 1. The van der Waals surface area contributed by atoms with Crippen LogP contribution >= 0.6 is 0 Å². The van der Waals surface area contributed by atoms with Gasteiger partial charge in [0.2, 0.25) is 5.95 Å². The Morgan fingerprint density at radius 3 is 2.92 bits per heavy atom. The number of ether oxygens (including phenoxy) is 2. The van der Waals surface area contributed by atoms with E-state index in [2.05, 4.69) is 14.9 Å². The molecule has 1 fully saturated rings. The lowest BCUT2D eigenvalue weighted by molar-refractivity contribution is 0.133. The van der Waals surface area contributed by atoms with Crippen LogP contribution in [0.4, 0.5) is 16.2 Å². The summed E-state index contributed by atoms with van der Waals surface area (Å²) in [5.74, 6) is 1.24. The molecule has 1 aromatic carbocycles. The highest BCUT2D eigenvalue weighted by Crippen LogP contribution is 2.34. The van der Waals surface area contributed by atoms with Gasteiger partial charge in [0.05, 0.1) is 19.8 Å². The Hall–Kier alpha value is -2.41.